The van der Waals surface area contributed by atoms with E-state index in [0.29, 0.717) is 0 Å². The van der Waals surface area contributed by atoms with E-state index in [9.17, 15) is 5.53 Å². The van der Waals surface area contributed by atoms with Crippen molar-refractivity contribution < 1.29 is 19.1 Å². The van der Waals surface area contributed by atoms with Crippen LogP contribution in [0, 0.1) is 0 Å². The molecule has 0 unspecified atom stereocenters. The summed E-state index contributed by atoms with van der Waals surface area (Å²) in [7, 11) is 0. The summed E-state index contributed by atoms with van der Waals surface area (Å²) >= 11 is 1.82. The Balaban J connectivity index is 0.00000108. The molecule has 2 aromatic rings. The summed E-state index contributed by atoms with van der Waals surface area (Å²) in [6.07, 6.45) is 16.6. The van der Waals surface area contributed by atoms with Gasteiger partial charge in [0.15, 0.2) is 0 Å². The zero-order valence-electron chi connectivity index (χ0n) is 27.1. The Kier molecular flexibility index (Phi) is 17.9. The molecular formula is C38H58N2Ni. The average molecular weight is 602 g/mol. The van der Waals surface area contributed by atoms with Crippen molar-refractivity contribution in [3.05, 3.63) is 87.5 Å². The number of nitrogens with zero attached hydrogens (tertiary/aromatic N) is 2. The Bertz CT molecular complexity index is 1110. The molecule has 0 amide bonds. The molecule has 1 heterocycles. The van der Waals surface area contributed by atoms with Gasteiger partial charge in [-0.15, -0.1) is 0 Å². The molecule has 0 bridgehead atoms. The minimum atomic E-state index is 1.00. The van der Waals surface area contributed by atoms with E-state index in [-0.39, 0.29) is 0 Å². The molecule has 230 valence electrons. The van der Waals surface area contributed by atoms with Gasteiger partial charge >= 0.3 is 39.1 Å². The summed E-state index contributed by atoms with van der Waals surface area (Å²) in [6, 6.07) is 17.7. The third kappa shape index (κ3) is 11.3. The molecule has 2 nitrogen and oxygen atoms in total. The molecule has 0 fully saturated rings. The van der Waals surface area contributed by atoms with Gasteiger partial charge in [0.25, 0.3) is 0 Å². The molecule has 0 aliphatic carbocycles. The first-order valence-electron chi connectivity index (χ1n) is 16.6. The van der Waals surface area contributed by atoms with Gasteiger partial charge in [0.1, 0.15) is 0 Å². The second-order valence-corrected chi connectivity index (χ2v) is 12.9. The molecule has 0 saturated heterocycles. The standard InChI is InChI=1S/C34H48N2.2C2H5.Ni/c1-5-9-12-13-14-15-18-28-20-17-22-30(26-28)34-32(24-11-7-3)31(23-10-6-2)33(36(34)35)29-21-16-19-27(8-4)25-29;2*1-2;/h16-17,19-22,25-26H,5-15,18,23-24H2,1-4H3;2*1H2,2H3;. The van der Waals surface area contributed by atoms with E-state index in [4.69, 9.17) is 0 Å². The van der Waals surface area contributed by atoms with Crippen molar-refractivity contribution >= 4 is 11.4 Å². The number of rotatable bonds is 18. The predicted molar refractivity (Wildman–Crippen MR) is 177 cm³/mol. The molecule has 0 N–H and O–H groups in total. The van der Waals surface area contributed by atoms with Gasteiger partial charge in [-0.25, -0.2) is 4.70 Å². The number of hydrogen-bond donors (Lipinski definition) is 0. The van der Waals surface area contributed by atoms with E-state index in [1.54, 1.807) is 0 Å². The summed E-state index contributed by atoms with van der Waals surface area (Å²) in [5.41, 5.74) is 21.5. The van der Waals surface area contributed by atoms with Gasteiger partial charge in [-0.3, -0.25) is 0 Å². The molecule has 0 spiro atoms. The van der Waals surface area contributed by atoms with Crippen LogP contribution < -0.4 is 0 Å². The van der Waals surface area contributed by atoms with Crippen LogP contribution in [0.3, 0.4) is 0 Å². The van der Waals surface area contributed by atoms with Crippen molar-refractivity contribution in [3.8, 4) is 0 Å². The van der Waals surface area contributed by atoms with Crippen molar-refractivity contribution in [3.63, 3.8) is 0 Å². The maximum atomic E-state index is 11.8. The van der Waals surface area contributed by atoms with Gasteiger partial charge in [-0.2, -0.15) is 0 Å². The Labute approximate surface area is 259 Å². The van der Waals surface area contributed by atoms with Crippen molar-refractivity contribution in [1.82, 2.24) is 0 Å². The topological polar surface area (TPSA) is 25.3 Å². The van der Waals surface area contributed by atoms with E-state index in [1.807, 2.05) is 14.4 Å². The molecule has 1 aliphatic heterocycles. The molecular weight excluding hydrogens is 543 g/mol. The van der Waals surface area contributed by atoms with Gasteiger partial charge in [0.2, 0.25) is 11.4 Å². The van der Waals surface area contributed by atoms with Crippen molar-refractivity contribution in [2.45, 2.75) is 142 Å². The fourth-order valence-electron chi connectivity index (χ4n) is 5.57. The summed E-state index contributed by atoms with van der Waals surface area (Å²) in [5, 5.41) is 2.56. The number of allylic oxidation sites excluding steroid dienone is 2. The summed E-state index contributed by atoms with van der Waals surface area (Å²) in [5.74, 6) is 0. The van der Waals surface area contributed by atoms with Crippen molar-refractivity contribution in [2.75, 3.05) is 0 Å². The minimum absolute atomic E-state index is 1.00. The Hall–Kier alpha value is -1.99. The van der Waals surface area contributed by atoms with E-state index in [2.05, 4.69) is 90.1 Å². The van der Waals surface area contributed by atoms with Crippen LogP contribution in [0.5, 0.6) is 0 Å². The van der Waals surface area contributed by atoms with Gasteiger partial charge in [-0.05, 0) is 80.3 Å². The third-order valence-electron chi connectivity index (χ3n) is 7.86. The van der Waals surface area contributed by atoms with Crippen LogP contribution in [-0.4, -0.2) is 4.70 Å². The SMILES string of the molecule is CCCCCCCCc1cccc(C2=C(CCCC)C(CCCC)=C(c3cccc(CC)c3)[N+]2=[N-])c1.C[CH2][Ni][CH2]C. The fraction of sp³-hybridized carbons (Fsp3) is 0.579. The maximum absolute atomic E-state index is 11.8. The summed E-state index contributed by atoms with van der Waals surface area (Å²) in [6.45, 7) is 13.4. The molecule has 0 radical (unpaired) electrons. The van der Waals surface area contributed by atoms with Crippen LogP contribution in [-0.2, 0) is 27.3 Å². The van der Waals surface area contributed by atoms with Gasteiger partial charge in [0, 0.05) is 22.3 Å². The van der Waals surface area contributed by atoms with Crippen LogP contribution in [0.1, 0.15) is 141 Å². The zero-order chi connectivity index (χ0) is 29.9. The molecule has 3 heteroatoms. The average Bonchev–Trinajstić information content (AvgIpc) is 3.28. The molecule has 0 aromatic heterocycles. The summed E-state index contributed by atoms with van der Waals surface area (Å²) in [4.78, 5) is 0. The molecule has 41 heavy (non-hydrogen) atoms. The van der Waals surface area contributed by atoms with E-state index in [1.165, 1.54) is 76.3 Å². The zero-order valence-corrected chi connectivity index (χ0v) is 28.1. The number of unbranched alkanes of at least 4 members (excludes halogenated alkanes) is 7. The molecule has 2 aromatic carbocycles. The summed E-state index contributed by atoms with van der Waals surface area (Å²) < 4.78 is 1.54. The van der Waals surface area contributed by atoms with Crippen molar-refractivity contribution in [2.24, 2.45) is 0 Å². The number of hydrogen-bond acceptors (Lipinski definition) is 0. The second-order valence-electron chi connectivity index (χ2n) is 11.1. The quantitative estimate of drug-likeness (QED) is 0.0923. The monoisotopic (exact) mass is 600 g/mol. The van der Waals surface area contributed by atoms with E-state index >= 15 is 0 Å². The van der Waals surface area contributed by atoms with Gasteiger partial charge < -0.3 is 5.53 Å². The predicted octanol–water partition coefficient (Wildman–Crippen LogP) is 12.6. The van der Waals surface area contributed by atoms with E-state index in [0.717, 1.165) is 73.9 Å². The first-order valence-corrected chi connectivity index (χ1v) is 18.0. The van der Waals surface area contributed by atoms with Gasteiger partial charge in [0.05, 0.1) is 0 Å². The molecule has 1 aliphatic rings. The van der Waals surface area contributed by atoms with Crippen LogP contribution in [0.4, 0.5) is 0 Å². The first kappa shape index (κ1) is 35.2. The van der Waals surface area contributed by atoms with Crippen LogP contribution >= 0.6 is 0 Å². The first-order chi connectivity index (χ1) is 20.1. The van der Waals surface area contributed by atoms with E-state index < -0.39 is 0 Å². The van der Waals surface area contributed by atoms with Crippen LogP contribution in [0.15, 0.2) is 59.7 Å². The van der Waals surface area contributed by atoms with Crippen LogP contribution in [0.25, 0.3) is 16.9 Å². The Morgan fingerprint density at radius 3 is 1.54 bits per heavy atom. The molecule has 0 atom stereocenters. The fourth-order valence-corrected chi connectivity index (χ4v) is 6.07. The Morgan fingerprint density at radius 1 is 0.561 bits per heavy atom. The number of benzene rings is 2. The Morgan fingerprint density at radius 2 is 1.05 bits per heavy atom. The second kappa shape index (κ2) is 20.8. The van der Waals surface area contributed by atoms with Crippen molar-refractivity contribution in [1.29, 1.82) is 0 Å². The van der Waals surface area contributed by atoms with Crippen LogP contribution in [0.2, 0.25) is 10.8 Å². The van der Waals surface area contributed by atoms with Gasteiger partial charge in [-0.1, -0.05) is 96.9 Å². The molecule has 0 saturated carbocycles. The number of aryl methyl sites for hydroxylation is 2. The third-order valence-corrected chi connectivity index (χ3v) is 8.85. The normalized spacial score (nSPS) is 13.3. The molecule has 3 rings (SSSR count).